The third-order valence-electron chi connectivity index (χ3n) is 8.72. The first kappa shape index (κ1) is 18.6. The average molecular weight is 364 g/mol. The molecule has 0 amide bonds. The van der Waals surface area contributed by atoms with Gasteiger partial charge in [0.2, 0.25) is 5.78 Å². The molecular weight excluding hydrogens is 332 g/mol. The SMILES string of the molecule is CC12CCC(O)CC1=CCC1C2CCC2(C)C(C(=O)C(O)(O)O)CCC12. The summed E-state index contributed by atoms with van der Waals surface area (Å²) in [6.45, 7) is 4.48. The van der Waals surface area contributed by atoms with Gasteiger partial charge >= 0.3 is 5.97 Å². The lowest BCUT2D eigenvalue weighted by molar-refractivity contribution is -0.291. The Morgan fingerprint density at radius 1 is 1.08 bits per heavy atom. The van der Waals surface area contributed by atoms with Crippen LogP contribution in [0.3, 0.4) is 0 Å². The van der Waals surface area contributed by atoms with Gasteiger partial charge in [-0.2, -0.15) is 0 Å². The van der Waals surface area contributed by atoms with Crippen molar-refractivity contribution in [1.29, 1.82) is 0 Å². The van der Waals surface area contributed by atoms with Gasteiger partial charge in [0, 0.05) is 5.92 Å². The lowest BCUT2D eigenvalue weighted by Gasteiger charge is -2.58. The highest BCUT2D eigenvalue weighted by atomic mass is 16.7. The van der Waals surface area contributed by atoms with Crippen LogP contribution in [0.15, 0.2) is 11.6 Å². The molecule has 0 aliphatic heterocycles. The molecule has 4 aliphatic rings. The molecule has 0 bridgehead atoms. The van der Waals surface area contributed by atoms with E-state index < -0.39 is 17.7 Å². The van der Waals surface area contributed by atoms with Gasteiger partial charge in [0.25, 0.3) is 0 Å². The Labute approximate surface area is 155 Å². The lowest BCUT2D eigenvalue weighted by Crippen LogP contribution is -2.53. The van der Waals surface area contributed by atoms with Gasteiger partial charge in [-0.05, 0) is 80.0 Å². The minimum atomic E-state index is -3.22. The fraction of sp³-hybridized carbons (Fsp3) is 0.857. The fourth-order valence-electron chi connectivity index (χ4n) is 7.31. The highest BCUT2D eigenvalue weighted by molar-refractivity contribution is 5.87. The van der Waals surface area contributed by atoms with Gasteiger partial charge in [0.1, 0.15) is 0 Å². The van der Waals surface area contributed by atoms with Crippen LogP contribution in [0.2, 0.25) is 0 Å². The van der Waals surface area contributed by atoms with Crippen LogP contribution in [0.25, 0.3) is 0 Å². The Morgan fingerprint density at radius 2 is 1.81 bits per heavy atom. The molecule has 0 spiro atoms. The number of ketones is 1. The summed E-state index contributed by atoms with van der Waals surface area (Å²) in [7, 11) is 0. The van der Waals surface area contributed by atoms with E-state index in [4.69, 9.17) is 0 Å². The topological polar surface area (TPSA) is 98.0 Å². The monoisotopic (exact) mass is 364 g/mol. The number of allylic oxidation sites excluding steroid dienone is 1. The van der Waals surface area contributed by atoms with Gasteiger partial charge in [0.05, 0.1) is 6.10 Å². The molecular formula is C21H32O5. The second-order valence-corrected chi connectivity index (χ2v) is 9.83. The molecule has 4 N–H and O–H groups in total. The molecule has 0 aromatic heterocycles. The molecule has 3 fully saturated rings. The zero-order chi connectivity index (χ0) is 18.9. The standard InChI is InChI=1S/C21H32O5/c1-19-9-7-13(22)11-12(19)3-4-14-15-5-6-17(18(23)21(24,25)26)20(15,2)10-8-16(14)19/h3,13-17,22,24-26H,4-11H2,1-2H3. The molecule has 0 aromatic rings. The van der Waals surface area contributed by atoms with Crippen molar-refractivity contribution in [2.75, 3.05) is 0 Å². The molecule has 5 nitrogen and oxygen atoms in total. The molecule has 0 radical (unpaired) electrons. The van der Waals surface area contributed by atoms with E-state index in [0.29, 0.717) is 24.2 Å². The lowest BCUT2D eigenvalue weighted by atomic mass is 9.47. The first-order valence-corrected chi connectivity index (χ1v) is 10.2. The molecule has 0 saturated heterocycles. The van der Waals surface area contributed by atoms with E-state index in [0.717, 1.165) is 44.9 Å². The smallest absolute Gasteiger partial charge is 0.339 e. The van der Waals surface area contributed by atoms with E-state index in [2.05, 4.69) is 19.9 Å². The summed E-state index contributed by atoms with van der Waals surface area (Å²) < 4.78 is 0. The van der Waals surface area contributed by atoms with E-state index in [1.54, 1.807) is 0 Å². The van der Waals surface area contributed by atoms with Gasteiger partial charge in [-0.1, -0.05) is 25.5 Å². The largest absolute Gasteiger partial charge is 0.393 e. The Morgan fingerprint density at radius 3 is 2.50 bits per heavy atom. The van der Waals surface area contributed by atoms with Crippen LogP contribution in [-0.2, 0) is 4.79 Å². The van der Waals surface area contributed by atoms with Gasteiger partial charge in [-0.25, -0.2) is 0 Å². The summed E-state index contributed by atoms with van der Waals surface area (Å²) >= 11 is 0. The molecule has 146 valence electrons. The van der Waals surface area contributed by atoms with E-state index in [9.17, 15) is 25.2 Å². The maximum atomic E-state index is 12.4. The van der Waals surface area contributed by atoms with Crippen molar-refractivity contribution < 1.29 is 25.2 Å². The second-order valence-electron chi connectivity index (χ2n) is 9.83. The van der Waals surface area contributed by atoms with Crippen LogP contribution in [0, 0.1) is 34.5 Å². The average Bonchev–Trinajstić information content (AvgIpc) is 2.91. The van der Waals surface area contributed by atoms with Crippen molar-refractivity contribution in [1.82, 2.24) is 0 Å². The number of hydrogen-bond acceptors (Lipinski definition) is 5. The van der Waals surface area contributed by atoms with Crippen LogP contribution in [0.4, 0.5) is 0 Å². The zero-order valence-electron chi connectivity index (χ0n) is 15.8. The third kappa shape index (κ3) is 2.55. The number of carbonyl (C=O) groups is 1. The van der Waals surface area contributed by atoms with E-state index in [1.165, 1.54) is 5.57 Å². The highest BCUT2D eigenvalue weighted by Gasteiger charge is 2.61. The highest BCUT2D eigenvalue weighted by Crippen LogP contribution is 2.66. The van der Waals surface area contributed by atoms with Crippen LogP contribution in [0.5, 0.6) is 0 Å². The molecule has 7 atom stereocenters. The third-order valence-corrected chi connectivity index (χ3v) is 8.72. The summed E-state index contributed by atoms with van der Waals surface area (Å²) in [6.07, 6.45) is 9.26. The molecule has 4 aliphatic carbocycles. The van der Waals surface area contributed by atoms with Crippen molar-refractivity contribution in [2.24, 2.45) is 34.5 Å². The molecule has 0 aromatic carbocycles. The summed E-state index contributed by atoms with van der Waals surface area (Å²) in [5, 5.41) is 38.4. The fourth-order valence-corrected chi connectivity index (χ4v) is 7.31. The van der Waals surface area contributed by atoms with E-state index in [-0.39, 0.29) is 16.9 Å². The number of aliphatic hydroxyl groups is 4. The van der Waals surface area contributed by atoms with Gasteiger partial charge in [0.15, 0.2) is 0 Å². The van der Waals surface area contributed by atoms with Crippen molar-refractivity contribution in [3.63, 3.8) is 0 Å². The van der Waals surface area contributed by atoms with E-state index in [1.807, 2.05) is 0 Å². The number of fused-ring (bicyclic) bond motifs is 5. The Kier molecular flexibility index (Phi) is 4.20. The molecule has 3 saturated carbocycles. The quantitative estimate of drug-likeness (QED) is 0.444. The normalized spacial score (nSPS) is 48.2. The molecule has 26 heavy (non-hydrogen) atoms. The van der Waals surface area contributed by atoms with Crippen molar-refractivity contribution >= 4 is 5.78 Å². The van der Waals surface area contributed by atoms with Crippen LogP contribution >= 0.6 is 0 Å². The first-order chi connectivity index (χ1) is 12.1. The van der Waals surface area contributed by atoms with Crippen LogP contribution in [-0.4, -0.2) is 38.3 Å². The van der Waals surface area contributed by atoms with Gasteiger partial charge in [-0.15, -0.1) is 0 Å². The minimum absolute atomic E-state index is 0.153. The van der Waals surface area contributed by atoms with Crippen LogP contribution < -0.4 is 0 Å². The van der Waals surface area contributed by atoms with Crippen LogP contribution in [0.1, 0.15) is 65.2 Å². The summed E-state index contributed by atoms with van der Waals surface area (Å²) in [5.41, 5.74) is 1.31. The molecule has 4 rings (SSSR count). The number of carbonyl (C=O) groups excluding carboxylic acids is 1. The summed E-state index contributed by atoms with van der Waals surface area (Å²) in [5.74, 6) is -3.09. The first-order valence-electron chi connectivity index (χ1n) is 10.2. The van der Waals surface area contributed by atoms with Crippen molar-refractivity contribution in [3.05, 3.63) is 11.6 Å². The maximum absolute atomic E-state index is 12.4. The summed E-state index contributed by atoms with van der Waals surface area (Å²) in [6, 6.07) is 0. The predicted octanol–water partition coefficient (Wildman–Crippen LogP) is 2.13. The van der Waals surface area contributed by atoms with E-state index >= 15 is 0 Å². The van der Waals surface area contributed by atoms with Crippen molar-refractivity contribution in [3.8, 4) is 0 Å². The molecule has 7 unspecified atom stereocenters. The van der Waals surface area contributed by atoms with Gasteiger partial charge < -0.3 is 20.4 Å². The number of aliphatic hydroxyl groups excluding tert-OH is 1. The number of Topliss-reactive ketones (excluding diaryl/α,β-unsaturated/α-hetero) is 1. The maximum Gasteiger partial charge on any atom is 0.339 e. The summed E-state index contributed by atoms with van der Waals surface area (Å²) in [4.78, 5) is 12.4. The second kappa shape index (κ2) is 5.87. The zero-order valence-corrected chi connectivity index (χ0v) is 15.8. The van der Waals surface area contributed by atoms with Gasteiger partial charge in [-0.3, -0.25) is 4.79 Å². The molecule has 5 heteroatoms. The minimum Gasteiger partial charge on any atom is -0.393 e. The predicted molar refractivity (Wildman–Crippen MR) is 95.6 cm³/mol. The Balaban J connectivity index is 1.63. The Hall–Kier alpha value is -0.750. The number of rotatable bonds is 2. The van der Waals surface area contributed by atoms with Crippen molar-refractivity contribution in [2.45, 2.75) is 77.3 Å². The number of hydrogen-bond donors (Lipinski definition) is 4. The Bertz CT molecular complexity index is 635. The molecule has 0 heterocycles.